The second-order valence-corrected chi connectivity index (χ2v) is 7.64. The predicted molar refractivity (Wildman–Crippen MR) is 103 cm³/mol. The lowest BCUT2D eigenvalue weighted by molar-refractivity contribution is -0.125. The minimum atomic E-state index is -0.423. The minimum absolute atomic E-state index is 0.0808. The van der Waals surface area contributed by atoms with Gasteiger partial charge in [0.1, 0.15) is 5.75 Å². The van der Waals surface area contributed by atoms with Gasteiger partial charge >= 0.3 is 6.03 Å². The maximum Gasteiger partial charge on any atom is 0.324 e. The van der Waals surface area contributed by atoms with Crippen molar-refractivity contribution < 1.29 is 14.3 Å². The lowest BCUT2D eigenvalue weighted by Crippen LogP contribution is -2.45. The molecule has 1 aromatic rings. The first kappa shape index (κ1) is 21.4. The molecule has 0 saturated carbocycles. The predicted octanol–water partition coefficient (Wildman–Crippen LogP) is 3.03. The molecule has 7 heteroatoms. The van der Waals surface area contributed by atoms with Crippen LogP contribution in [0.25, 0.3) is 0 Å². The highest BCUT2D eigenvalue weighted by molar-refractivity contribution is 9.10. The van der Waals surface area contributed by atoms with E-state index >= 15 is 0 Å². The Balaban J connectivity index is 2.41. The molecule has 1 rings (SSSR count). The minimum Gasteiger partial charge on any atom is -0.492 e. The van der Waals surface area contributed by atoms with Gasteiger partial charge in [0.15, 0.2) is 0 Å². The Morgan fingerprint density at radius 3 is 2.52 bits per heavy atom. The fourth-order valence-electron chi connectivity index (χ4n) is 2.16. The van der Waals surface area contributed by atoms with Gasteiger partial charge in [-0.05, 0) is 45.5 Å². The number of hydrogen-bond donors (Lipinski definition) is 2. The van der Waals surface area contributed by atoms with Crippen molar-refractivity contribution in [2.24, 2.45) is 5.73 Å². The van der Waals surface area contributed by atoms with Crippen LogP contribution in [-0.2, 0) is 10.2 Å². The van der Waals surface area contributed by atoms with E-state index < -0.39 is 6.03 Å². The zero-order valence-corrected chi connectivity index (χ0v) is 17.0. The largest absolute Gasteiger partial charge is 0.492 e. The normalized spacial score (nSPS) is 11.1. The summed E-state index contributed by atoms with van der Waals surface area (Å²) in [6, 6.07) is 5.64. The molecule has 0 aliphatic rings. The molecule has 0 fully saturated rings. The van der Waals surface area contributed by atoms with Crippen molar-refractivity contribution in [1.82, 2.24) is 10.2 Å². The van der Waals surface area contributed by atoms with Crippen LogP contribution < -0.4 is 15.8 Å². The molecular weight excluding hydrogens is 386 g/mol. The highest BCUT2D eigenvalue weighted by Gasteiger charge is 2.17. The Bertz CT molecular complexity index is 600. The lowest BCUT2D eigenvalue weighted by atomic mass is 9.87. The van der Waals surface area contributed by atoms with E-state index in [9.17, 15) is 9.59 Å². The van der Waals surface area contributed by atoms with Crippen LogP contribution in [0.2, 0.25) is 0 Å². The summed E-state index contributed by atoms with van der Waals surface area (Å²) in [4.78, 5) is 24.3. The van der Waals surface area contributed by atoms with Gasteiger partial charge in [0, 0.05) is 26.6 Å². The quantitative estimate of drug-likeness (QED) is 0.672. The summed E-state index contributed by atoms with van der Waals surface area (Å²) in [5.74, 6) is 0.454. The van der Waals surface area contributed by atoms with E-state index in [0.29, 0.717) is 19.6 Å². The zero-order valence-electron chi connectivity index (χ0n) is 15.4. The molecule has 0 unspecified atom stereocenters. The molecule has 0 aliphatic carbocycles. The highest BCUT2D eigenvalue weighted by atomic mass is 79.9. The van der Waals surface area contributed by atoms with Crippen LogP contribution in [0.15, 0.2) is 22.7 Å². The van der Waals surface area contributed by atoms with Crippen molar-refractivity contribution in [3.05, 3.63) is 28.2 Å². The molecule has 0 saturated heterocycles. The number of hydrogen-bond acceptors (Lipinski definition) is 4. The van der Waals surface area contributed by atoms with Crippen molar-refractivity contribution in [3.8, 4) is 5.75 Å². The molecule has 0 radical (unpaired) electrons. The van der Waals surface area contributed by atoms with Gasteiger partial charge in [0.25, 0.3) is 0 Å². The van der Waals surface area contributed by atoms with Gasteiger partial charge in [0.2, 0.25) is 5.91 Å². The number of amides is 3. The summed E-state index contributed by atoms with van der Waals surface area (Å²) in [5, 5.41) is 2.70. The molecule has 0 bridgehead atoms. The van der Waals surface area contributed by atoms with E-state index in [4.69, 9.17) is 10.5 Å². The number of nitrogens with one attached hydrogen (secondary N) is 1. The highest BCUT2D eigenvalue weighted by Crippen LogP contribution is 2.31. The van der Waals surface area contributed by atoms with Gasteiger partial charge in [-0.25, -0.2) is 4.79 Å². The van der Waals surface area contributed by atoms with Crippen molar-refractivity contribution in [2.45, 2.75) is 39.5 Å². The number of nitrogens with two attached hydrogens (primary N) is 1. The Morgan fingerprint density at radius 2 is 2.00 bits per heavy atom. The smallest absolute Gasteiger partial charge is 0.324 e. The third-order valence-electron chi connectivity index (χ3n) is 3.63. The van der Waals surface area contributed by atoms with Gasteiger partial charge < -0.3 is 15.8 Å². The maximum absolute atomic E-state index is 11.9. The van der Waals surface area contributed by atoms with Crippen molar-refractivity contribution in [1.29, 1.82) is 0 Å². The van der Waals surface area contributed by atoms with Gasteiger partial charge in [-0.2, -0.15) is 0 Å². The first-order chi connectivity index (χ1) is 11.7. The molecular formula is C18H28BrN3O3. The fourth-order valence-corrected chi connectivity index (χ4v) is 2.65. The SMILES string of the molecule is CC(=O)N(CCN)C(=O)NCCCOc1ccc(C(C)(C)C)cc1Br. The number of urea groups is 1. The van der Waals surface area contributed by atoms with Gasteiger partial charge in [-0.15, -0.1) is 0 Å². The average Bonchev–Trinajstić information content (AvgIpc) is 2.52. The van der Waals surface area contributed by atoms with Crippen LogP contribution in [0.5, 0.6) is 5.75 Å². The van der Waals surface area contributed by atoms with Crippen LogP contribution in [0.4, 0.5) is 4.79 Å². The third kappa shape index (κ3) is 7.04. The summed E-state index contributed by atoms with van der Waals surface area (Å²) in [6.45, 7) is 9.17. The third-order valence-corrected chi connectivity index (χ3v) is 4.25. The van der Waals surface area contributed by atoms with E-state index in [1.807, 2.05) is 6.07 Å². The topological polar surface area (TPSA) is 84.7 Å². The number of halogens is 1. The van der Waals surface area contributed by atoms with E-state index in [1.165, 1.54) is 12.5 Å². The summed E-state index contributed by atoms with van der Waals surface area (Å²) >= 11 is 3.53. The molecule has 0 spiro atoms. The van der Waals surface area contributed by atoms with Crippen molar-refractivity contribution in [2.75, 3.05) is 26.2 Å². The summed E-state index contributed by atoms with van der Waals surface area (Å²) in [7, 11) is 0. The van der Waals surface area contributed by atoms with Crippen molar-refractivity contribution >= 4 is 27.9 Å². The second-order valence-electron chi connectivity index (χ2n) is 6.79. The van der Waals surface area contributed by atoms with Gasteiger partial charge in [0.05, 0.1) is 11.1 Å². The average molecular weight is 414 g/mol. The fraction of sp³-hybridized carbons (Fsp3) is 0.556. The van der Waals surface area contributed by atoms with Crippen LogP contribution in [0.1, 0.15) is 39.7 Å². The zero-order chi connectivity index (χ0) is 19.0. The second kappa shape index (κ2) is 9.77. The molecule has 25 heavy (non-hydrogen) atoms. The van der Waals surface area contributed by atoms with E-state index in [-0.39, 0.29) is 24.4 Å². The number of carbonyl (C=O) groups is 2. The summed E-state index contributed by atoms with van der Waals surface area (Å²) < 4.78 is 6.65. The molecule has 0 heterocycles. The molecule has 1 aromatic carbocycles. The number of imide groups is 1. The lowest BCUT2D eigenvalue weighted by Gasteiger charge is -2.20. The Kier molecular flexibility index (Phi) is 8.38. The van der Waals surface area contributed by atoms with E-state index in [2.05, 4.69) is 54.2 Å². The van der Waals surface area contributed by atoms with Gasteiger partial charge in [-0.1, -0.05) is 26.8 Å². The number of carbonyl (C=O) groups excluding carboxylic acids is 2. The van der Waals surface area contributed by atoms with Crippen LogP contribution >= 0.6 is 15.9 Å². The number of benzene rings is 1. The molecule has 3 amide bonds. The first-order valence-corrected chi connectivity index (χ1v) is 9.15. The van der Waals surface area contributed by atoms with E-state index in [0.717, 1.165) is 15.1 Å². The van der Waals surface area contributed by atoms with Crippen LogP contribution in [0, 0.1) is 0 Å². The monoisotopic (exact) mass is 413 g/mol. The maximum atomic E-state index is 11.9. The van der Waals surface area contributed by atoms with Crippen molar-refractivity contribution in [3.63, 3.8) is 0 Å². The van der Waals surface area contributed by atoms with Crippen LogP contribution in [0.3, 0.4) is 0 Å². The molecule has 0 aliphatic heterocycles. The molecule has 6 nitrogen and oxygen atoms in total. The molecule has 3 N–H and O–H groups in total. The van der Waals surface area contributed by atoms with E-state index in [1.54, 1.807) is 0 Å². The summed E-state index contributed by atoms with van der Waals surface area (Å²) in [5.41, 5.74) is 6.70. The first-order valence-electron chi connectivity index (χ1n) is 8.35. The number of ether oxygens (including phenoxy) is 1. The number of nitrogens with zero attached hydrogens (tertiary/aromatic N) is 1. The Hall–Kier alpha value is -1.60. The molecule has 0 atom stereocenters. The standard InChI is InChI=1S/C18H28BrN3O3/c1-13(23)22(10-8-20)17(24)21-9-5-11-25-16-7-6-14(12-15(16)19)18(2,3)4/h6-7,12H,5,8-11,20H2,1-4H3,(H,21,24). The molecule has 140 valence electrons. The van der Waals surface area contributed by atoms with Crippen LogP contribution in [-0.4, -0.2) is 43.1 Å². The van der Waals surface area contributed by atoms with Gasteiger partial charge in [-0.3, -0.25) is 9.69 Å². The summed E-state index contributed by atoms with van der Waals surface area (Å²) in [6.07, 6.45) is 0.633. The molecule has 0 aromatic heterocycles. The Morgan fingerprint density at radius 1 is 1.32 bits per heavy atom. The Labute approximate surface area is 158 Å². The number of rotatable bonds is 7.